The van der Waals surface area contributed by atoms with Crippen LogP contribution in [0.2, 0.25) is 0 Å². The van der Waals surface area contributed by atoms with E-state index in [1.54, 1.807) is 18.2 Å². The Morgan fingerprint density at radius 3 is 2.74 bits per heavy atom. The third-order valence-electron chi connectivity index (χ3n) is 3.46. The number of hydrogen-bond donors (Lipinski definition) is 2. The lowest BCUT2D eigenvalue weighted by Crippen LogP contribution is -2.12. The Kier molecular flexibility index (Phi) is 2.95. The maximum absolute atomic E-state index is 12.1. The minimum atomic E-state index is -0.139. The zero-order valence-electron chi connectivity index (χ0n) is 10.5. The third kappa shape index (κ3) is 2.45. The summed E-state index contributed by atoms with van der Waals surface area (Å²) in [7, 11) is 0. The summed E-state index contributed by atoms with van der Waals surface area (Å²) >= 11 is 0. The van der Waals surface area contributed by atoms with E-state index in [9.17, 15) is 9.90 Å². The van der Waals surface area contributed by atoms with Gasteiger partial charge in [0.05, 0.1) is 0 Å². The van der Waals surface area contributed by atoms with Gasteiger partial charge < -0.3 is 10.4 Å². The molecule has 0 unspecified atom stereocenters. The lowest BCUT2D eigenvalue weighted by molar-refractivity contribution is 0.102. The first-order valence-corrected chi connectivity index (χ1v) is 6.44. The van der Waals surface area contributed by atoms with Crippen LogP contribution in [0.25, 0.3) is 0 Å². The van der Waals surface area contributed by atoms with Crippen molar-refractivity contribution in [2.45, 2.75) is 19.3 Å². The van der Waals surface area contributed by atoms with E-state index in [4.69, 9.17) is 0 Å². The minimum absolute atomic E-state index is 0.139. The van der Waals surface area contributed by atoms with E-state index < -0.39 is 0 Å². The molecule has 0 bridgehead atoms. The lowest BCUT2D eigenvalue weighted by Gasteiger charge is -2.07. The number of fused-ring (bicyclic) bond motifs is 1. The summed E-state index contributed by atoms with van der Waals surface area (Å²) in [5.41, 5.74) is 3.91. The first kappa shape index (κ1) is 11.8. The second-order valence-corrected chi connectivity index (χ2v) is 4.84. The predicted molar refractivity (Wildman–Crippen MR) is 74.5 cm³/mol. The van der Waals surface area contributed by atoms with E-state index in [1.165, 1.54) is 23.6 Å². The molecule has 0 aliphatic heterocycles. The SMILES string of the molecule is O=C(Nc1cccc(O)c1)c1ccc2c(c1)CCC2. The molecule has 1 aliphatic rings. The fourth-order valence-corrected chi connectivity index (χ4v) is 2.50. The van der Waals surface area contributed by atoms with Gasteiger partial charge in [-0.1, -0.05) is 12.1 Å². The Balaban J connectivity index is 1.81. The molecule has 19 heavy (non-hydrogen) atoms. The van der Waals surface area contributed by atoms with E-state index in [1.807, 2.05) is 18.2 Å². The molecule has 0 radical (unpaired) electrons. The Morgan fingerprint density at radius 1 is 1.05 bits per heavy atom. The van der Waals surface area contributed by atoms with Crippen molar-refractivity contribution in [1.82, 2.24) is 0 Å². The van der Waals surface area contributed by atoms with Crippen molar-refractivity contribution < 1.29 is 9.90 Å². The lowest BCUT2D eigenvalue weighted by atomic mass is 10.1. The van der Waals surface area contributed by atoms with Crippen LogP contribution in [0.4, 0.5) is 5.69 Å². The van der Waals surface area contributed by atoms with Gasteiger partial charge in [-0.15, -0.1) is 0 Å². The first-order chi connectivity index (χ1) is 9.22. The van der Waals surface area contributed by atoms with Crippen molar-refractivity contribution in [3.63, 3.8) is 0 Å². The van der Waals surface area contributed by atoms with Crippen molar-refractivity contribution in [2.24, 2.45) is 0 Å². The van der Waals surface area contributed by atoms with Crippen LogP contribution in [0.5, 0.6) is 5.75 Å². The van der Waals surface area contributed by atoms with Crippen molar-refractivity contribution >= 4 is 11.6 Å². The van der Waals surface area contributed by atoms with E-state index in [2.05, 4.69) is 5.32 Å². The van der Waals surface area contributed by atoms with Gasteiger partial charge in [-0.05, 0) is 54.7 Å². The molecule has 3 heteroatoms. The number of aromatic hydroxyl groups is 1. The summed E-state index contributed by atoms with van der Waals surface area (Å²) < 4.78 is 0. The number of phenolic OH excluding ortho intramolecular Hbond substituents is 1. The topological polar surface area (TPSA) is 49.3 Å². The van der Waals surface area contributed by atoms with E-state index in [0.29, 0.717) is 11.3 Å². The molecular formula is C16H15NO2. The summed E-state index contributed by atoms with van der Waals surface area (Å²) in [6.07, 6.45) is 3.35. The van der Waals surface area contributed by atoms with Gasteiger partial charge in [0.25, 0.3) is 5.91 Å². The van der Waals surface area contributed by atoms with Crippen LogP contribution in [0.3, 0.4) is 0 Å². The molecule has 0 saturated heterocycles. The molecule has 0 heterocycles. The maximum Gasteiger partial charge on any atom is 0.255 e. The van der Waals surface area contributed by atoms with E-state index in [0.717, 1.165) is 12.8 Å². The zero-order valence-corrected chi connectivity index (χ0v) is 10.5. The van der Waals surface area contributed by atoms with Gasteiger partial charge in [-0.3, -0.25) is 4.79 Å². The van der Waals surface area contributed by atoms with Gasteiger partial charge in [-0.2, -0.15) is 0 Å². The van der Waals surface area contributed by atoms with Gasteiger partial charge >= 0.3 is 0 Å². The van der Waals surface area contributed by atoms with Crippen LogP contribution in [-0.4, -0.2) is 11.0 Å². The van der Waals surface area contributed by atoms with Crippen LogP contribution in [0.15, 0.2) is 42.5 Å². The molecule has 0 fully saturated rings. The van der Waals surface area contributed by atoms with Crippen molar-refractivity contribution in [3.8, 4) is 5.75 Å². The second-order valence-electron chi connectivity index (χ2n) is 4.84. The highest BCUT2D eigenvalue weighted by atomic mass is 16.3. The van der Waals surface area contributed by atoms with Crippen molar-refractivity contribution in [1.29, 1.82) is 0 Å². The fourth-order valence-electron chi connectivity index (χ4n) is 2.50. The summed E-state index contributed by atoms with van der Waals surface area (Å²) in [6.45, 7) is 0. The number of rotatable bonds is 2. The van der Waals surface area contributed by atoms with Gasteiger partial charge in [-0.25, -0.2) is 0 Å². The molecule has 0 aromatic heterocycles. The molecule has 0 atom stereocenters. The summed E-state index contributed by atoms with van der Waals surface area (Å²) in [4.78, 5) is 12.1. The molecule has 3 rings (SSSR count). The number of carbonyl (C=O) groups is 1. The van der Waals surface area contributed by atoms with Crippen LogP contribution in [0.1, 0.15) is 27.9 Å². The van der Waals surface area contributed by atoms with Crippen molar-refractivity contribution in [3.05, 3.63) is 59.2 Å². The molecule has 2 aromatic rings. The van der Waals surface area contributed by atoms with E-state index >= 15 is 0 Å². The number of hydrogen-bond acceptors (Lipinski definition) is 2. The highest BCUT2D eigenvalue weighted by Crippen LogP contribution is 2.23. The Hall–Kier alpha value is -2.29. The molecule has 2 aromatic carbocycles. The number of amides is 1. The molecule has 3 nitrogen and oxygen atoms in total. The molecule has 1 aliphatic carbocycles. The first-order valence-electron chi connectivity index (χ1n) is 6.44. The Labute approximate surface area is 111 Å². The van der Waals surface area contributed by atoms with Gasteiger partial charge in [0.15, 0.2) is 0 Å². The monoisotopic (exact) mass is 253 g/mol. The molecule has 0 saturated carbocycles. The average Bonchev–Trinajstić information content (AvgIpc) is 2.85. The maximum atomic E-state index is 12.1. The third-order valence-corrected chi connectivity index (χ3v) is 3.46. The molecular weight excluding hydrogens is 238 g/mol. The number of phenols is 1. The molecule has 0 spiro atoms. The quantitative estimate of drug-likeness (QED) is 0.863. The van der Waals surface area contributed by atoms with Gasteiger partial charge in [0, 0.05) is 17.3 Å². The van der Waals surface area contributed by atoms with Crippen LogP contribution >= 0.6 is 0 Å². The summed E-state index contributed by atoms with van der Waals surface area (Å²) in [5, 5.41) is 12.2. The van der Waals surface area contributed by atoms with Crippen LogP contribution in [-0.2, 0) is 12.8 Å². The number of nitrogens with one attached hydrogen (secondary N) is 1. The summed E-state index contributed by atoms with van der Waals surface area (Å²) in [5.74, 6) is 0.00653. The average molecular weight is 253 g/mol. The fraction of sp³-hybridized carbons (Fsp3) is 0.188. The number of aryl methyl sites for hydroxylation is 2. The Morgan fingerprint density at radius 2 is 1.89 bits per heavy atom. The standard InChI is InChI=1S/C16H15NO2/c18-15-6-2-5-14(10-15)17-16(19)13-8-7-11-3-1-4-12(11)9-13/h2,5-10,18H,1,3-4H2,(H,17,19). The predicted octanol–water partition coefficient (Wildman–Crippen LogP) is 3.13. The highest BCUT2D eigenvalue weighted by Gasteiger charge is 2.14. The molecule has 96 valence electrons. The second kappa shape index (κ2) is 4.76. The largest absolute Gasteiger partial charge is 0.508 e. The minimum Gasteiger partial charge on any atom is -0.508 e. The highest BCUT2D eigenvalue weighted by molar-refractivity contribution is 6.04. The zero-order chi connectivity index (χ0) is 13.2. The van der Waals surface area contributed by atoms with Gasteiger partial charge in [0.2, 0.25) is 0 Å². The normalized spacial score (nSPS) is 13.1. The molecule has 2 N–H and O–H groups in total. The molecule has 1 amide bonds. The van der Waals surface area contributed by atoms with Crippen molar-refractivity contribution in [2.75, 3.05) is 5.32 Å². The van der Waals surface area contributed by atoms with Crippen LogP contribution < -0.4 is 5.32 Å². The van der Waals surface area contributed by atoms with Crippen LogP contribution in [0, 0.1) is 0 Å². The van der Waals surface area contributed by atoms with E-state index in [-0.39, 0.29) is 11.7 Å². The summed E-state index contributed by atoms with van der Waals surface area (Å²) in [6, 6.07) is 12.4. The number of carbonyl (C=O) groups excluding carboxylic acids is 1. The number of benzene rings is 2. The number of anilines is 1. The van der Waals surface area contributed by atoms with Gasteiger partial charge in [0.1, 0.15) is 5.75 Å². The Bertz CT molecular complexity index is 634. The smallest absolute Gasteiger partial charge is 0.255 e.